The molecule has 2 heterocycles. The molecule has 5 rings (SSSR count). The highest BCUT2D eigenvalue weighted by Gasteiger charge is 2.17. The summed E-state index contributed by atoms with van der Waals surface area (Å²) >= 11 is 3.65. The largest absolute Gasteiger partial charge is 0.328 e. The van der Waals surface area contributed by atoms with Crippen molar-refractivity contribution in [2.45, 2.75) is 38.8 Å². The summed E-state index contributed by atoms with van der Waals surface area (Å²) in [4.78, 5) is 13.3. The molecule has 0 aliphatic carbocycles. The Labute approximate surface area is 218 Å². The van der Waals surface area contributed by atoms with Gasteiger partial charge in [-0.05, 0) is 51.6 Å². The summed E-state index contributed by atoms with van der Waals surface area (Å²) in [6.45, 7) is 2.68. The molecule has 182 valence electrons. The van der Waals surface area contributed by atoms with E-state index in [1.165, 1.54) is 5.56 Å². The smallest absolute Gasteiger partial charge is 0.296 e. The zero-order chi connectivity index (χ0) is 24.9. The molecule has 1 unspecified atom stereocenters. The molecule has 0 amide bonds. The molecule has 3 aromatic carbocycles. The summed E-state index contributed by atoms with van der Waals surface area (Å²) in [7, 11) is 0. The van der Waals surface area contributed by atoms with Crippen molar-refractivity contribution in [1.29, 1.82) is 0 Å². The van der Waals surface area contributed by atoms with Crippen molar-refractivity contribution < 1.29 is 0 Å². The van der Waals surface area contributed by atoms with E-state index in [4.69, 9.17) is 0 Å². The topological polar surface area (TPSA) is 81.4 Å². The summed E-state index contributed by atoms with van der Waals surface area (Å²) in [5.41, 5.74) is 5.35. The molecule has 8 heteroatoms. The predicted octanol–water partition coefficient (Wildman–Crippen LogP) is 5.89. The van der Waals surface area contributed by atoms with Crippen molar-refractivity contribution in [3.63, 3.8) is 0 Å². The molecule has 2 aromatic heterocycles. The molecule has 7 nitrogen and oxygen atoms in total. The maximum atomic E-state index is 13.3. The molecule has 1 atom stereocenters. The van der Waals surface area contributed by atoms with Crippen molar-refractivity contribution in [1.82, 2.24) is 29.8 Å². The number of H-pyrrole nitrogens is 1. The van der Waals surface area contributed by atoms with Gasteiger partial charge in [-0.2, -0.15) is 0 Å². The molecule has 0 aliphatic rings. The predicted molar refractivity (Wildman–Crippen MR) is 145 cm³/mol. The minimum absolute atomic E-state index is 0.0211. The van der Waals surface area contributed by atoms with Crippen molar-refractivity contribution in [3.05, 3.63) is 111 Å². The van der Waals surface area contributed by atoms with E-state index in [9.17, 15) is 4.79 Å². The molecular formula is C28H27BrN6O. The molecular weight excluding hydrogens is 516 g/mol. The highest BCUT2D eigenvalue weighted by atomic mass is 79.9. The van der Waals surface area contributed by atoms with Crippen LogP contribution < -0.4 is 5.69 Å². The van der Waals surface area contributed by atoms with Gasteiger partial charge in [0, 0.05) is 28.5 Å². The van der Waals surface area contributed by atoms with E-state index in [1.54, 1.807) is 4.57 Å². The number of hydrogen-bond donors (Lipinski definition) is 1. The van der Waals surface area contributed by atoms with Gasteiger partial charge in [0.2, 0.25) is 0 Å². The van der Waals surface area contributed by atoms with E-state index >= 15 is 0 Å². The minimum Gasteiger partial charge on any atom is -0.296 e. The Morgan fingerprint density at radius 1 is 0.944 bits per heavy atom. The molecule has 0 saturated carbocycles. The third-order valence-electron chi connectivity index (χ3n) is 6.45. The number of rotatable bonds is 9. The lowest BCUT2D eigenvalue weighted by molar-refractivity contribution is 0.440. The van der Waals surface area contributed by atoms with Gasteiger partial charge in [-0.25, -0.2) is 9.89 Å². The fraction of sp³-hybridized carbons (Fsp3) is 0.214. The zero-order valence-electron chi connectivity index (χ0n) is 20.0. The van der Waals surface area contributed by atoms with Crippen LogP contribution in [0.5, 0.6) is 0 Å². The lowest BCUT2D eigenvalue weighted by Crippen LogP contribution is -2.28. The van der Waals surface area contributed by atoms with E-state index in [-0.39, 0.29) is 11.7 Å². The summed E-state index contributed by atoms with van der Waals surface area (Å²) in [6, 6.07) is 24.6. The van der Waals surface area contributed by atoms with Crippen LogP contribution in [0, 0.1) is 0 Å². The van der Waals surface area contributed by atoms with Crippen LogP contribution >= 0.6 is 15.9 Å². The second kappa shape index (κ2) is 10.9. The number of hydrogen-bond acceptors (Lipinski definition) is 4. The summed E-state index contributed by atoms with van der Waals surface area (Å²) < 4.78 is 4.75. The summed E-state index contributed by atoms with van der Waals surface area (Å²) in [5.74, 6) is 0.631. The van der Waals surface area contributed by atoms with Gasteiger partial charge in [-0.15, -0.1) is 5.10 Å². The quantitative estimate of drug-likeness (QED) is 0.251. The highest BCUT2D eigenvalue weighted by Crippen LogP contribution is 2.30. The number of nitrogens with zero attached hydrogens (tertiary/aromatic N) is 5. The fourth-order valence-electron chi connectivity index (χ4n) is 4.62. The molecule has 0 fully saturated rings. The second-order valence-electron chi connectivity index (χ2n) is 8.85. The van der Waals surface area contributed by atoms with Crippen LogP contribution in [0.2, 0.25) is 0 Å². The number of benzene rings is 3. The monoisotopic (exact) mass is 542 g/mol. The molecule has 0 aliphatic heterocycles. The first kappa shape index (κ1) is 23.9. The lowest BCUT2D eigenvalue weighted by atomic mass is 9.98. The second-order valence-corrected chi connectivity index (χ2v) is 9.70. The Morgan fingerprint density at radius 2 is 1.69 bits per heavy atom. The van der Waals surface area contributed by atoms with E-state index < -0.39 is 0 Å². The number of halogens is 1. The number of imidazole rings is 1. The van der Waals surface area contributed by atoms with Gasteiger partial charge >= 0.3 is 5.69 Å². The minimum atomic E-state index is 0.0211. The van der Waals surface area contributed by atoms with Gasteiger partial charge in [-0.1, -0.05) is 96.0 Å². The first-order chi connectivity index (χ1) is 17.6. The summed E-state index contributed by atoms with van der Waals surface area (Å²) in [5, 5.41) is 14.3. The number of nitrogens with one attached hydrogen (secondary N) is 1. The van der Waals surface area contributed by atoms with Gasteiger partial charge < -0.3 is 0 Å². The van der Waals surface area contributed by atoms with E-state index in [0.717, 1.165) is 46.0 Å². The van der Waals surface area contributed by atoms with E-state index in [0.29, 0.717) is 12.4 Å². The summed E-state index contributed by atoms with van der Waals surface area (Å²) in [6.07, 6.45) is 6.59. The Hall–Kier alpha value is -3.78. The first-order valence-electron chi connectivity index (χ1n) is 12.1. The lowest BCUT2D eigenvalue weighted by Gasteiger charge is -2.18. The van der Waals surface area contributed by atoms with Gasteiger partial charge in [-0.3, -0.25) is 9.13 Å². The molecule has 1 N–H and O–H groups in total. The molecule has 0 saturated heterocycles. The molecule has 0 radical (unpaired) electrons. The Bertz CT molecular complexity index is 1490. The maximum Gasteiger partial charge on any atom is 0.328 e. The van der Waals surface area contributed by atoms with Crippen molar-refractivity contribution in [2.24, 2.45) is 0 Å². The normalized spacial score (nSPS) is 12.1. The number of aromatic nitrogens is 6. The third kappa shape index (κ3) is 5.09. The Balaban J connectivity index is 1.36. The van der Waals surface area contributed by atoms with Crippen LogP contribution in [-0.4, -0.2) is 29.8 Å². The Morgan fingerprint density at radius 3 is 2.42 bits per heavy atom. The van der Waals surface area contributed by atoms with Crippen molar-refractivity contribution >= 4 is 15.9 Å². The van der Waals surface area contributed by atoms with Gasteiger partial charge in [0.15, 0.2) is 5.82 Å². The fourth-order valence-corrected chi connectivity index (χ4v) is 5.06. The molecule has 5 aromatic rings. The van der Waals surface area contributed by atoms with Crippen LogP contribution in [0.15, 0.2) is 94.5 Å². The van der Waals surface area contributed by atoms with Crippen molar-refractivity contribution in [3.8, 4) is 22.5 Å². The SMILES string of the molecule is CCCC(Cc1ccccc1Br)n1ccn(Cc2ccc(-c3ccccc3-c3nnn[nH]3)cc2)c1=O. The van der Waals surface area contributed by atoms with Crippen molar-refractivity contribution in [2.75, 3.05) is 0 Å². The third-order valence-corrected chi connectivity index (χ3v) is 7.22. The van der Waals surface area contributed by atoms with E-state index in [1.807, 2.05) is 47.3 Å². The van der Waals surface area contributed by atoms with Crippen LogP contribution in [0.3, 0.4) is 0 Å². The van der Waals surface area contributed by atoms with Crippen LogP contribution in [0.25, 0.3) is 22.5 Å². The molecule has 0 spiro atoms. The molecule has 36 heavy (non-hydrogen) atoms. The van der Waals surface area contributed by atoms with E-state index in [2.05, 4.69) is 85.9 Å². The van der Waals surface area contributed by atoms with Gasteiger partial charge in [0.1, 0.15) is 0 Å². The van der Waals surface area contributed by atoms with Crippen LogP contribution in [-0.2, 0) is 13.0 Å². The number of tetrazole rings is 1. The van der Waals surface area contributed by atoms with Gasteiger partial charge in [0.25, 0.3) is 0 Å². The molecule has 0 bridgehead atoms. The zero-order valence-corrected chi connectivity index (χ0v) is 21.6. The number of aromatic amines is 1. The average molecular weight is 543 g/mol. The van der Waals surface area contributed by atoms with Crippen LogP contribution in [0.1, 0.15) is 36.9 Å². The van der Waals surface area contributed by atoms with Crippen LogP contribution in [0.4, 0.5) is 0 Å². The Kier molecular flexibility index (Phi) is 7.23. The maximum absolute atomic E-state index is 13.3. The average Bonchev–Trinajstić information content (AvgIpc) is 3.56. The standard InChI is InChI=1S/C28H27BrN6O/c1-2-7-23(18-22-8-3-6-11-26(22)29)35-17-16-34(28(35)36)19-20-12-14-21(15-13-20)24-9-4-5-10-25(24)27-30-32-33-31-27/h3-6,8-17,23H,2,7,18-19H2,1H3,(H,30,31,32,33). The first-order valence-corrected chi connectivity index (χ1v) is 12.9. The van der Waals surface area contributed by atoms with Gasteiger partial charge in [0.05, 0.1) is 6.54 Å². The highest BCUT2D eigenvalue weighted by molar-refractivity contribution is 9.10.